The third-order valence-corrected chi connectivity index (χ3v) is 5.34. The lowest BCUT2D eigenvalue weighted by atomic mass is 9.82. The Morgan fingerprint density at radius 2 is 1.81 bits per heavy atom. The normalized spacial score (nSPS) is 26.0. The number of anilines is 1. The Balaban J connectivity index is 0.000000339. The quantitative estimate of drug-likeness (QED) is 0.676. The second-order valence-corrected chi connectivity index (χ2v) is 7.46. The maximum Gasteiger partial charge on any atom is 0.490 e. The molecular formula is C18H22F4N4O5. The van der Waals surface area contributed by atoms with E-state index in [1.807, 2.05) is 4.90 Å². The van der Waals surface area contributed by atoms with E-state index in [9.17, 15) is 22.4 Å². The predicted molar refractivity (Wildman–Crippen MR) is 96.1 cm³/mol. The van der Waals surface area contributed by atoms with Crippen LogP contribution in [0.4, 0.5) is 23.5 Å². The zero-order valence-corrected chi connectivity index (χ0v) is 16.4. The van der Waals surface area contributed by atoms with E-state index in [0.29, 0.717) is 38.9 Å². The molecule has 0 bridgehead atoms. The van der Waals surface area contributed by atoms with Gasteiger partial charge in [-0.05, 0) is 18.8 Å². The van der Waals surface area contributed by atoms with E-state index >= 15 is 0 Å². The van der Waals surface area contributed by atoms with Gasteiger partial charge in [0.2, 0.25) is 5.95 Å². The van der Waals surface area contributed by atoms with Crippen LogP contribution in [0.25, 0.3) is 0 Å². The summed E-state index contributed by atoms with van der Waals surface area (Å²) in [7, 11) is 0. The van der Waals surface area contributed by atoms with Crippen LogP contribution in [0, 0.1) is 23.6 Å². The van der Waals surface area contributed by atoms with Crippen LogP contribution in [-0.2, 0) is 19.2 Å². The molecule has 4 rings (SSSR count). The molecule has 3 atom stereocenters. The Bertz CT molecular complexity index is 773. The van der Waals surface area contributed by atoms with Gasteiger partial charge >= 0.3 is 12.1 Å². The fourth-order valence-electron chi connectivity index (χ4n) is 3.84. The van der Waals surface area contributed by atoms with E-state index in [1.54, 1.807) is 0 Å². The molecule has 3 fully saturated rings. The maximum absolute atomic E-state index is 13.0. The zero-order valence-electron chi connectivity index (χ0n) is 16.4. The van der Waals surface area contributed by atoms with Crippen LogP contribution in [-0.4, -0.2) is 77.6 Å². The third-order valence-electron chi connectivity index (χ3n) is 5.34. The Labute approximate surface area is 174 Å². The van der Waals surface area contributed by atoms with E-state index in [1.165, 1.54) is 17.5 Å². The first-order valence-electron chi connectivity index (χ1n) is 9.71. The monoisotopic (exact) mass is 450 g/mol. The van der Waals surface area contributed by atoms with Crippen LogP contribution in [0.1, 0.15) is 12.8 Å². The second kappa shape index (κ2) is 9.73. The summed E-state index contributed by atoms with van der Waals surface area (Å²) in [6.45, 7) is 3.72. The lowest BCUT2D eigenvalue weighted by Gasteiger charge is -2.36. The van der Waals surface area contributed by atoms with Crippen LogP contribution in [0.3, 0.4) is 0 Å². The lowest BCUT2D eigenvalue weighted by molar-refractivity contribution is -0.207. The van der Waals surface area contributed by atoms with E-state index < -0.39 is 18.0 Å². The van der Waals surface area contributed by atoms with Crippen molar-refractivity contribution in [2.75, 3.05) is 44.4 Å². The van der Waals surface area contributed by atoms with Crippen molar-refractivity contribution < 1.29 is 41.8 Å². The number of hydrogen-bond acceptors (Lipinski definition) is 7. The van der Waals surface area contributed by atoms with Gasteiger partial charge in [-0.2, -0.15) is 13.2 Å². The van der Waals surface area contributed by atoms with Gasteiger partial charge in [-0.1, -0.05) is 0 Å². The molecule has 0 aliphatic carbocycles. The number of halogens is 4. The first-order chi connectivity index (χ1) is 14.7. The van der Waals surface area contributed by atoms with Crippen molar-refractivity contribution in [3.05, 3.63) is 18.2 Å². The molecule has 9 nitrogen and oxygen atoms in total. The number of hydroxylamine groups is 2. The van der Waals surface area contributed by atoms with Gasteiger partial charge in [0.05, 0.1) is 38.1 Å². The molecule has 3 aliphatic heterocycles. The van der Waals surface area contributed by atoms with Crippen molar-refractivity contribution in [3.8, 4) is 0 Å². The molecule has 3 saturated heterocycles. The summed E-state index contributed by atoms with van der Waals surface area (Å²) in [5.41, 5.74) is 0. The maximum atomic E-state index is 13.0. The van der Waals surface area contributed by atoms with Crippen LogP contribution < -0.4 is 4.90 Å². The highest BCUT2D eigenvalue weighted by atomic mass is 19.4. The molecule has 0 radical (unpaired) electrons. The highest BCUT2D eigenvalue weighted by Crippen LogP contribution is 2.36. The molecule has 1 amide bonds. The first-order valence-corrected chi connectivity index (χ1v) is 9.71. The van der Waals surface area contributed by atoms with E-state index in [4.69, 9.17) is 19.5 Å². The predicted octanol–water partition coefficient (Wildman–Crippen LogP) is 1.50. The molecule has 4 heterocycles. The van der Waals surface area contributed by atoms with Gasteiger partial charge in [0, 0.05) is 25.6 Å². The minimum atomic E-state index is -5.08. The van der Waals surface area contributed by atoms with Gasteiger partial charge < -0.3 is 14.7 Å². The summed E-state index contributed by atoms with van der Waals surface area (Å²) in [6, 6.07) is 0. The number of fused-ring (bicyclic) bond motifs is 1. The minimum Gasteiger partial charge on any atom is -0.475 e. The van der Waals surface area contributed by atoms with Gasteiger partial charge in [0.15, 0.2) is 5.82 Å². The van der Waals surface area contributed by atoms with Gasteiger partial charge in [-0.15, -0.1) is 0 Å². The zero-order chi connectivity index (χ0) is 22.6. The largest absolute Gasteiger partial charge is 0.490 e. The number of hydrogen-bond donors (Lipinski definition) is 1. The van der Waals surface area contributed by atoms with Crippen LogP contribution in [0.15, 0.2) is 12.4 Å². The molecule has 1 aromatic heterocycles. The second-order valence-electron chi connectivity index (χ2n) is 7.46. The Kier molecular flexibility index (Phi) is 7.26. The molecule has 0 saturated carbocycles. The number of carboxylic acids is 1. The summed E-state index contributed by atoms with van der Waals surface area (Å²) < 4.78 is 50.4. The number of amides is 1. The highest BCUT2D eigenvalue weighted by Gasteiger charge is 2.46. The highest BCUT2D eigenvalue weighted by molar-refractivity contribution is 5.78. The van der Waals surface area contributed by atoms with Crippen molar-refractivity contribution in [3.63, 3.8) is 0 Å². The van der Waals surface area contributed by atoms with Gasteiger partial charge in [-0.25, -0.2) is 24.2 Å². The molecule has 0 aromatic carbocycles. The summed E-state index contributed by atoms with van der Waals surface area (Å²) >= 11 is 0. The third kappa shape index (κ3) is 5.79. The molecular weight excluding hydrogens is 428 g/mol. The number of rotatable bonds is 2. The number of aliphatic carboxylic acids is 1. The van der Waals surface area contributed by atoms with Crippen LogP contribution in [0.2, 0.25) is 0 Å². The van der Waals surface area contributed by atoms with Crippen molar-refractivity contribution in [2.24, 2.45) is 17.8 Å². The number of carboxylic acid groups (broad SMARTS) is 1. The number of carbonyl (C=O) groups is 2. The summed E-state index contributed by atoms with van der Waals surface area (Å²) in [4.78, 5) is 37.3. The topological polar surface area (TPSA) is 105 Å². The average molecular weight is 450 g/mol. The van der Waals surface area contributed by atoms with E-state index in [-0.39, 0.29) is 23.7 Å². The number of aromatic nitrogens is 2. The van der Waals surface area contributed by atoms with Gasteiger partial charge in [0.1, 0.15) is 0 Å². The molecule has 172 valence electrons. The smallest absolute Gasteiger partial charge is 0.475 e. The summed E-state index contributed by atoms with van der Waals surface area (Å²) in [6.07, 6.45) is -0.772. The molecule has 3 aliphatic rings. The van der Waals surface area contributed by atoms with E-state index in [0.717, 1.165) is 19.4 Å². The Hall–Kier alpha value is -2.54. The first kappa shape index (κ1) is 23.1. The Morgan fingerprint density at radius 1 is 1.13 bits per heavy atom. The molecule has 0 unspecified atom stereocenters. The molecule has 0 spiro atoms. The Morgan fingerprint density at radius 3 is 2.39 bits per heavy atom. The molecule has 13 heteroatoms. The van der Waals surface area contributed by atoms with Crippen molar-refractivity contribution in [2.45, 2.75) is 19.0 Å². The number of carbonyl (C=O) groups excluding carboxylic acids is 1. The summed E-state index contributed by atoms with van der Waals surface area (Å²) in [5.74, 6) is -2.44. The standard InChI is InChI=1S/C16H21FN4O3.C2HF3O2/c17-12-5-18-16(19-6-12)20-7-11-9-23-10-14(13(11)8-20)15(22)21-3-1-2-4-24-21;3-2(4,5)1(6)7/h5-6,11,13-14H,1-4,7-10H2;(H,6,7)/t11-,13-,14-;/m1./s1. The average Bonchev–Trinajstić information content (AvgIpc) is 3.18. The van der Waals surface area contributed by atoms with Crippen molar-refractivity contribution in [1.29, 1.82) is 0 Å². The number of nitrogens with zero attached hydrogens (tertiary/aromatic N) is 4. The minimum absolute atomic E-state index is 0.0197. The summed E-state index contributed by atoms with van der Waals surface area (Å²) in [5, 5.41) is 8.64. The van der Waals surface area contributed by atoms with Crippen LogP contribution >= 0.6 is 0 Å². The molecule has 1 aromatic rings. The fraction of sp³-hybridized carbons (Fsp3) is 0.667. The van der Waals surface area contributed by atoms with Crippen LogP contribution in [0.5, 0.6) is 0 Å². The number of ether oxygens (including phenoxy) is 1. The lowest BCUT2D eigenvalue weighted by Crippen LogP contribution is -2.47. The SMILES string of the molecule is O=C(O)C(F)(F)F.O=C([C@@H]1COC[C@H]2CN(c3ncc(F)cn3)C[C@H]21)N1CCCCO1. The number of alkyl halides is 3. The van der Waals surface area contributed by atoms with Gasteiger partial charge in [0.25, 0.3) is 5.91 Å². The fourth-order valence-corrected chi connectivity index (χ4v) is 3.84. The molecule has 31 heavy (non-hydrogen) atoms. The van der Waals surface area contributed by atoms with Crippen molar-refractivity contribution in [1.82, 2.24) is 15.0 Å². The van der Waals surface area contributed by atoms with Gasteiger partial charge in [-0.3, -0.25) is 9.63 Å². The molecule has 1 N–H and O–H groups in total. The van der Waals surface area contributed by atoms with Crippen molar-refractivity contribution >= 4 is 17.8 Å². The van der Waals surface area contributed by atoms with E-state index in [2.05, 4.69) is 9.97 Å².